The van der Waals surface area contributed by atoms with Crippen LogP contribution in [0.1, 0.15) is 41.1 Å². The van der Waals surface area contributed by atoms with E-state index in [0.717, 1.165) is 22.2 Å². The van der Waals surface area contributed by atoms with Gasteiger partial charge in [0.15, 0.2) is 0 Å². The van der Waals surface area contributed by atoms with E-state index in [4.69, 9.17) is 9.84 Å². The monoisotopic (exact) mass is 514 g/mol. The number of rotatable bonds is 5. The lowest BCUT2D eigenvalue weighted by atomic mass is 9.84. The van der Waals surface area contributed by atoms with Gasteiger partial charge in [-0.3, -0.25) is 9.48 Å². The molecule has 4 heterocycles. The average molecular weight is 515 g/mol. The van der Waals surface area contributed by atoms with E-state index in [-0.39, 0.29) is 17.5 Å². The van der Waals surface area contributed by atoms with E-state index in [1.165, 1.54) is 33.0 Å². The van der Waals surface area contributed by atoms with Gasteiger partial charge in [0.25, 0.3) is 5.56 Å². The second-order valence-corrected chi connectivity index (χ2v) is 10.7. The SMILES string of the molecule is Cc1cc(C(C)c2ccc3ccccc3c2)c(-n2ccc3cc[nH]c(=O)c32)c(-c2cnn(C3COC3)c2)c1C. The Morgan fingerprint density at radius 2 is 1.82 bits per heavy atom. The Kier molecular flexibility index (Phi) is 5.53. The molecule has 0 radical (unpaired) electrons. The van der Waals surface area contributed by atoms with Gasteiger partial charge in [-0.15, -0.1) is 0 Å². The second-order valence-electron chi connectivity index (χ2n) is 10.7. The molecule has 1 aliphatic rings. The number of pyridine rings is 1. The van der Waals surface area contributed by atoms with E-state index in [1.807, 2.05) is 29.2 Å². The van der Waals surface area contributed by atoms with E-state index >= 15 is 0 Å². The highest BCUT2D eigenvalue weighted by Crippen LogP contribution is 2.41. The summed E-state index contributed by atoms with van der Waals surface area (Å²) in [5.74, 6) is 0.0815. The van der Waals surface area contributed by atoms with Crippen molar-refractivity contribution in [1.82, 2.24) is 19.3 Å². The van der Waals surface area contributed by atoms with Gasteiger partial charge >= 0.3 is 0 Å². The Morgan fingerprint density at radius 1 is 1.00 bits per heavy atom. The number of hydrogen-bond acceptors (Lipinski definition) is 3. The molecule has 1 saturated heterocycles. The summed E-state index contributed by atoms with van der Waals surface area (Å²) in [6.45, 7) is 7.96. The first-order valence-corrected chi connectivity index (χ1v) is 13.4. The number of aromatic nitrogens is 4. The number of fused-ring (bicyclic) bond motifs is 2. The lowest BCUT2D eigenvalue weighted by molar-refractivity contribution is -0.0286. The van der Waals surface area contributed by atoms with Crippen molar-refractivity contribution >= 4 is 21.7 Å². The van der Waals surface area contributed by atoms with Crippen molar-refractivity contribution in [3.05, 3.63) is 118 Å². The van der Waals surface area contributed by atoms with Gasteiger partial charge in [-0.05, 0) is 59.0 Å². The van der Waals surface area contributed by atoms with Crippen LogP contribution in [0.2, 0.25) is 0 Å². The Bertz CT molecular complexity index is 1920. The van der Waals surface area contributed by atoms with Gasteiger partial charge < -0.3 is 14.3 Å². The molecule has 1 unspecified atom stereocenters. The van der Waals surface area contributed by atoms with Crippen LogP contribution in [0.4, 0.5) is 0 Å². The molecule has 3 aromatic carbocycles. The molecule has 39 heavy (non-hydrogen) atoms. The fourth-order valence-corrected chi connectivity index (χ4v) is 5.86. The van der Waals surface area contributed by atoms with E-state index in [1.54, 1.807) is 6.20 Å². The summed E-state index contributed by atoms with van der Waals surface area (Å²) in [5.41, 5.74) is 8.50. The molecule has 3 aromatic heterocycles. The third-order valence-corrected chi connectivity index (χ3v) is 8.32. The highest BCUT2D eigenvalue weighted by molar-refractivity contribution is 5.87. The van der Waals surface area contributed by atoms with Gasteiger partial charge in [-0.1, -0.05) is 55.5 Å². The third kappa shape index (κ3) is 3.82. The molecular formula is C33H30N4O2. The maximum absolute atomic E-state index is 13.2. The zero-order valence-corrected chi connectivity index (χ0v) is 22.3. The van der Waals surface area contributed by atoms with Gasteiger partial charge in [0, 0.05) is 41.0 Å². The van der Waals surface area contributed by atoms with Gasteiger partial charge in [-0.25, -0.2) is 0 Å². The van der Waals surface area contributed by atoms with Crippen molar-refractivity contribution in [1.29, 1.82) is 0 Å². The Hall–Kier alpha value is -4.42. The number of aromatic amines is 1. The molecule has 0 bridgehead atoms. The first kappa shape index (κ1) is 23.7. The van der Waals surface area contributed by atoms with Crippen LogP contribution < -0.4 is 5.56 Å². The summed E-state index contributed by atoms with van der Waals surface area (Å²) in [4.78, 5) is 16.0. The van der Waals surface area contributed by atoms with Gasteiger partial charge in [0.05, 0.1) is 31.1 Å². The molecule has 7 rings (SSSR count). The number of hydrogen-bond donors (Lipinski definition) is 1. The second kappa shape index (κ2) is 9.10. The molecule has 0 spiro atoms. The van der Waals surface area contributed by atoms with Gasteiger partial charge in [0.1, 0.15) is 5.52 Å². The molecular weight excluding hydrogens is 484 g/mol. The zero-order valence-electron chi connectivity index (χ0n) is 22.3. The largest absolute Gasteiger partial charge is 0.377 e. The summed E-state index contributed by atoms with van der Waals surface area (Å²) in [6.07, 6.45) is 7.80. The maximum Gasteiger partial charge on any atom is 0.272 e. The fourth-order valence-electron chi connectivity index (χ4n) is 5.86. The van der Waals surface area contributed by atoms with Crippen LogP contribution in [0.15, 0.2) is 90.2 Å². The minimum atomic E-state index is -0.103. The normalized spacial score (nSPS) is 14.6. The predicted octanol–water partition coefficient (Wildman–Crippen LogP) is 6.68. The Balaban J connectivity index is 1.51. The number of H-pyrrole nitrogens is 1. The van der Waals surface area contributed by atoms with E-state index < -0.39 is 0 Å². The van der Waals surface area contributed by atoms with E-state index in [9.17, 15) is 4.79 Å². The predicted molar refractivity (Wildman–Crippen MR) is 156 cm³/mol. The van der Waals surface area contributed by atoms with Crippen molar-refractivity contribution in [3.8, 4) is 16.8 Å². The average Bonchev–Trinajstić information content (AvgIpc) is 3.56. The third-order valence-electron chi connectivity index (χ3n) is 8.32. The molecule has 6 aromatic rings. The van der Waals surface area contributed by atoms with Crippen molar-refractivity contribution in [2.75, 3.05) is 13.2 Å². The summed E-state index contributed by atoms with van der Waals surface area (Å²) in [7, 11) is 0. The maximum atomic E-state index is 13.2. The molecule has 6 nitrogen and oxygen atoms in total. The van der Waals surface area contributed by atoms with Crippen LogP contribution in [-0.2, 0) is 4.74 Å². The molecule has 1 N–H and O–H groups in total. The minimum absolute atomic E-state index is 0.0815. The van der Waals surface area contributed by atoms with Crippen molar-refractivity contribution in [2.45, 2.75) is 32.7 Å². The Labute approximate surface area is 226 Å². The van der Waals surface area contributed by atoms with E-state index in [2.05, 4.69) is 85.1 Å². The summed E-state index contributed by atoms with van der Waals surface area (Å²) >= 11 is 0. The molecule has 0 amide bonds. The lowest BCUT2D eigenvalue weighted by Crippen LogP contribution is -2.30. The van der Waals surface area contributed by atoms with Crippen LogP contribution in [0.5, 0.6) is 0 Å². The first-order valence-electron chi connectivity index (χ1n) is 13.4. The number of ether oxygens (including phenoxy) is 1. The Morgan fingerprint density at radius 3 is 2.62 bits per heavy atom. The molecule has 1 aliphatic heterocycles. The molecule has 0 aliphatic carbocycles. The van der Waals surface area contributed by atoms with Crippen LogP contribution >= 0.6 is 0 Å². The topological polar surface area (TPSA) is 64.8 Å². The standard InChI is InChI=1S/C33H30N4O2/c1-20-14-29(22(3)25-9-8-23-6-4-5-7-26(23)15-25)32(36-13-11-24-10-12-34-33(38)31(24)36)30(21(20)2)27-16-35-37(17-27)28-18-39-19-28/h4-17,22,28H,18-19H2,1-3H3,(H,34,38). The van der Waals surface area contributed by atoms with Crippen LogP contribution in [0, 0.1) is 13.8 Å². The summed E-state index contributed by atoms with van der Waals surface area (Å²) in [5, 5.41) is 8.07. The smallest absolute Gasteiger partial charge is 0.272 e. The van der Waals surface area contributed by atoms with Crippen LogP contribution in [0.25, 0.3) is 38.5 Å². The number of nitrogens with one attached hydrogen (secondary N) is 1. The number of benzene rings is 3. The molecule has 1 fully saturated rings. The highest BCUT2D eigenvalue weighted by Gasteiger charge is 2.26. The first-order chi connectivity index (χ1) is 19.0. The van der Waals surface area contributed by atoms with Crippen molar-refractivity contribution in [3.63, 3.8) is 0 Å². The molecule has 0 saturated carbocycles. The molecule has 1 atom stereocenters. The molecule has 6 heteroatoms. The van der Waals surface area contributed by atoms with Crippen molar-refractivity contribution < 1.29 is 4.74 Å². The van der Waals surface area contributed by atoms with Crippen LogP contribution in [-0.4, -0.2) is 32.5 Å². The zero-order chi connectivity index (χ0) is 26.7. The van der Waals surface area contributed by atoms with Gasteiger partial charge in [0.2, 0.25) is 0 Å². The summed E-state index contributed by atoms with van der Waals surface area (Å²) in [6, 6.07) is 21.7. The highest BCUT2D eigenvalue weighted by atomic mass is 16.5. The van der Waals surface area contributed by atoms with Gasteiger partial charge in [-0.2, -0.15) is 5.10 Å². The number of aryl methyl sites for hydroxylation is 1. The molecule has 194 valence electrons. The quantitative estimate of drug-likeness (QED) is 0.279. The van der Waals surface area contributed by atoms with Crippen LogP contribution in [0.3, 0.4) is 0 Å². The number of nitrogens with zero attached hydrogens (tertiary/aromatic N) is 3. The fraction of sp³-hybridized carbons (Fsp3) is 0.212. The minimum Gasteiger partial charge on any atom is -0.377 e. The van der Waals surface area contributed by atoms with E-state index in [0.29, 0.717) is 18.7 Å². The lowest BCUT2D eigenvalue weighted by Gasteiger charge is -2.26. The van der Waals surface area contributed by atoms with Crippen molar-refractivity contribution in [2.24, 2.45) is 0 Å². The summed E-state index contributed by atoms with van der Waals surface area (Å²) < 4.78 is 9.51.